The maximum absolute atomic E-state index is 12.9. The van der Waals surface area contributed by atoms with Crippen molar-refractivity contribution in [2.75, 3.05) is 4.72 Å². The number of benzene rings is 1. The molecule has 0 aliphatic rings. The number of aryl methyl sites for hydroxylation is 1. The molecular formula is C17H22N2O2S. The lowest BCUT2D eigenvalue weighted by Gasteiger charge is -2.19. The molecule has 0 aliphatic heterocycles. The number of nitrogens with one attached hydrogen (secondary N) is 1. The van der Waals surface area contributed by atoms with Gasteiger partial charge in [-0.05, 0) is 81.0 Å². The van der Waals surface area contributed by atoms with Gasteiger partial charge in [0.25, 0.3) is 10.0 Å². The molecular weight excluding hydrogens is 296 g/mol. The maximum Gasteiger partial charge on any atom is 0.263 e. The van der Waals surface area contributed by atoms with Crippen LogP contribution in [0.5, 0.6) is 0 Å². The molecule has 1 aromatic heterocycles. The van der Waals surface area contributed by atoms with Gasteiger partial charge in [-0.3, -0.25) is 4.72 Å². The van der Waals surface area contributed by atoms with Crippen molar-refractivity contribution in [2.45, 2.75) is 46.4 Å². The predicted molar refractivity (Wildman–Crippen MR) is 89.9 cm³/mol. The highest BCUT2D eigenvalue weighted by Gasteiger charge is 2.24. The first kappa shape index (κ1) is 16.5. The lowest BCUT2D eigenvalue weighted by molar-refractivity contribution is 0.599. The van der Waals surface area contributed by atoms with Crippen molar-refractivity contribution in [3.8, 4) is 0 Å². The molecule has 0 bridgehead atoms. The molecule has 0 amide bonds. The number of aromatic nitrogens is 1. The molecule has 22 heavy (non-hydrogen) atoms. The van der Waals surface area contributed by atoms with Gasteiger partial charge in [-0.25, -0.2) is 13.4 Å². The highest BCUT2D eigenvalue weighted by atomic mass is 32.2. The second-order valence-corrected chi connectivity index (χ2v) is 7.35. The zero-order valence-electron chi connectivity index (χ0n) is 13.9. The van der Waals surface area contributed by atoms with Gasteiger partial charge in [0.15, 0.2) is 0 Å². The molecule has 5 heteroatoms. The normalized spacial score (nSPS) is 11.5. The van der Waals surface area contributed by atoms with Crippen LogP contribution in [0.2, 0.25) is 0 Å². The van der Waals surface area contributed by atoms with Crippen LogP contribution in [0.25, 0.3) is 0 Å². The summed E-state index contributed by atoms with van der Waals surface area (Å²) in [4.78, 5) is 4.48. The Labute approximate surface area is 132 Å². The van der Waals surface area contributed by atoms with E-state index in [1.807, 2.05) is 47.6 Å². The average Bonchev–Trinajstić information content (AvgIpc) is 2.45. The van der Waals surface area contributed by atoms with Crippen LogP contribution < -0.4 is 4.72 Å². The van der Waals surface area contributed by atoms with Gasteiger partial charge in [-0.1, -0.05) is 6.07 Å². The van der Waals surface area contributed by atoms with Crippen LogP contribution in [0.4, 0.5) is 5.82 Å². The van der Waals surface area contributed by atoms with E-state index in [0.717, 1.165) is 33.4 Å². The second kappa shape index (κ2) is 5.72. The van der Waals surface area contributed by atoms with Gasteiger partial charge in [0, 0.05) is 6.20 Å². The molecule has 0 saturated heterocycles. The van der Waals surface area contributed by atoms with Crippen LogP contribution in [0, 0.1) is 41.5 Å². The van der Waals surface area contributed by atoms with Gasteiger partial charge in [0.05, 0.1) is 4.90 Å². The first-order valence-electron chi connectivity index (χ1n) is 7.18. The molecule has 1 N–H and O–H groups in total. The third-order valence-corrected chi connectivity index (χ3v) is 6.05. The van der Waals surface area contributed by atoms with Crippen molar-refractivity contribution < 1.29 is 8.42 Å². The SMILES string of the molecule is Cc1cccnc1NS(=O)(=O)c1c(C)c(C)c(C)c(C)c1C. The number of rotatable bonds is 3. The maximum atomic E-state index is 12.9. The molecule has 0 unspecified atom stereocenters. The van der Waals surface area contributed by atoms with E-state index < -0.39 is 10.0 Å². The molecule has 2 aromatic rings. The zero-order valence-corrected chi connectivity index (χ0v) is 14.7. The number of hydrogen-bond acceptors (Lipinski definition) is 3. The molecule has 0 spiro atoms. The minimum Gasteiger partial charge on any atom is -0.263 e. The Kier molecular flexibility index (Phi) is 4.29. The summed E-state index contributed by atoms with van der Waals surface area (Å²) in [5, 5.41) is 0. The third-order valence-electron chi connectivity index (χ3n) is 4.44. The largest absolute Gasteiger partial charge is 0.263 e. The number of hydrogen-bond donors (Lipinski definition) is 1. The fourth-order valence-electron chi connectivity index (χ4n) is 2.64. The minimum absolute atomic E-state index is 0.359. The Bertz CT molecular complexity index is 811. The zero-order chi connectivity index (χ0) is 16.7. The van der Waals surface area contributed by atoms with Gasteiger partial charge < -0.3 is 0 Å². The van der Waals surface area contributed by atoms with Gasteiger partial charge in [0.2, 0.25) is 0 Å². The standard InChI is InChI=1S/C17H22N2O2S/c1-10-8-7-9-18-17(10)19-22(20,21)16-14(5)12(3)11(2)13(4)15(16)6/h7-9H,1-6H3,(H,18,19). The van der Waals surface area contributed by atoms with Crippen molar-refractivity contribution in [3.63, 3.8) is 0 Å². The fraction of sp³-hybridized carbons (Fsp3) is 0.353. The molecule has 0 aliphatic carbocycles. The van der Waals surface area contributed by atoms with Gasteiger partial charge in [-0.2, -0.15) is 0 Å². The van der Waals surface area contributed by atoms with E-state index in [4.69, 9.17) is 0 Å². The summed E-state index contributed by atoms with van der Waals surface area (Å²) < 4.78 is 28.3. The third kappa shape index (κ3) is 2.73. The summed E-state index contributed by atoms with van der Waals surface area (Å²) in [5.41, 5.74) is 5.55. The predicted octanol–water partition coefficient (Wildman–Crippen LogP) is 3.73. The molecule has 1 heterocycles. The van der Waals surface area contributed by atoms with E-state index in [1.54, 1.807) is 12.3 Å². The Morgan fingerprint density at radius 1 is 0.864 bits per heavy atom. The number of pyridine rings is 1. The molecule has 4 nitrogen and oxygen atoms in total. The summed E-state index contributed by atoms with van der Waals surface area (Å²) in [6.45, 7) is 11.5. The topological polar surface area (TPSA) is 59.1 Å². The molecule has 0 saturated carbocycles. The summed E-state index contributed by atoms with van der Waals surface area (Å²) in [7, 11) is -3.67. The van der Waals surface area contributed by atoms with Gasteiger partial charge in [0.1, 0.15) is 5.82 Å². The van der Waals surface area contributed by atoms with E-state index >= 15 is 0 Å². The van der Waals surface area contributed by atoms with Gasteiger partial charge in [-0.15, -0.1) is 0 Å². The van der Waals surface area contributed by atoms with Crippen molar-refractivity contribution in [3.05, 3.63) is 51.7 Å². The Balaban J connectivity index is 2.63. The van der Waals surface area contributed by atoms with E-state index in [9.17, 15) is 8.42 Å². The average molecular weight is 318 g/mol. The Morgan fingerprint density at radius 2 is 1.36 bits per heavy atom. The van der Waals surface area contributed by atoms with Crippen molar-refractivity contribution >= 4 is 15.8 Å². The van der Waals surface area contributed by atoms with E-state index in [1.165, 1.54) is 0 Å². The van der Waals surface area contributed by atoms with Crippen molar-refractivity contribution in [1.29, 1.82) is 0 Å². The monoisotopic (exact) mass is 318 g/mol. The summed E-state index contributed by atoms with van der Waals surface area (Å²) >= 11 is 0. The van der Waals surface area contributed by atoms with Gasteiger partial charge >= 0.3 is 0 Å². The van der Waals surface area contributed by atoms with Crippen molar-refractivity contribution in [2.24, 2.45) is 0 Å². The molecule has 0 atom stereocenters. The first-order valence-corrected chi connectivity index (χ1v) is 8.66. The van der Waals surface area contributed by atoms with Crippen LogP contribution in [-0.2, 0) is 10.0 Å². The smallest absolute Gasteiger partial charge is 0.263 e. The lowest BCUT2D eigenvalue weighted by atomic mass is 9.95. The number of anilines is 1. The van der Waals surface area contributed by atoms with E-state index in [-0.39, 0.29) is 0 Å². The molecule has 0 radical (unpaired) electrons. The summed E-state index contributed by atoms with van der Waals surface area (Å²) in [6.07, 6.45) is 1.58. The Morgan fingerprint density at radius 3 is 1.86 bits per heavy atom. The van der Waals surface area contributed by atoms with E-state index in [2.05, 4.69) is 9.71 Å². The molecule has 2 rings (SSSR count). The Hall–Kier alpha value is -1.88. The lowest BCUT2D eigenvalue weighted by Crippen LogP contribution is -2.19. The second-order valence-electron chi connectivity index (χ2n) is 5.73. The highest BCUT2D eigenvalue weighted by molar-refractivity contribution is 7.92. The van der Waals surface area contributed by atoms with Crippen LogP contribution in [0.1, 0.15) is 33.4 Å². The fourth-order valence-corrected chi connectivity index (χ4v) is 4.32. The minimum atomic E-state index is -3.67. The van der Waals surface area contributed by atoms with Crippen LogP contribution >= 0.6 is 0 Å². The van der Waals surface area contributed by atoms with E-state index in [0.29, 0.717) is 10.7 Å². The summed E-state index contributed by atoms with van der Waals surface area (Å²) in [6, 6.07) is 3.61. The van der Waals surface area contributed by atoms with Crippen LogP contribution in [-0.4, -0.2) is 13.4 Å². The molecule has 118 valence electrons. The highest BCUT2D eigenvalue weighted by Crippen LogP contribution is 2.30. The van der Waals surface area contributed by atoms with Crippen molar-refractivity contribution in [1.82, 2.24) is 4.98 Å². The number of sulfonamides is 1. The summed E-state index contributed by atoms with van der Waals surface area (Å²) in [5.74, 6) is 0.372. The van der Waals surface area contributed by atoms with Crippen LogP contribution in [0.3, 0.4) is 0 Å². The molecule has 1 aromatic carbocycles. The first-order chi connectivity index (χ1) is 10.2. The van der Waals surface area contributed by atoms with Crippen LogP contribution in [0.15, 0.2) is 23.2 Å². The quantitative estimate of drug-likeness (QED) is 0.938. The molecule has 0 fully saturated rings. The number of nitrogens with zero attached hydrogens (tertiary/aromatic N) is 1.